The van der Waals surface area contributed by atoms with E-state index in [1.54, 1.807) is 0 Å². The molecule has 1 rings (SSSR count). The largest absolute Gasteiger partial charge is 0.394 e. The van der Waals surface area contributed by atoms with Crippen LogP contribution in [0.3, 0.4) is 0 Å². The molecule has 1 unspecified atom stereocenters. The average molecular weight is 266 g/mol. The van der Waals surface area contributed by atoms with Crippen molar-refractivity contribution in [2.75, 3.05) is 11.1 Å². The minimum Gasteiger partial charge on any atom is -0.394 e. The van der Waals surface area contributed by atoms with Crippen molar-refractivity contribution in [2.45, 2.75) is 78.8 Å². The van der Waals surface area contributed by atoms with Gasteiger partial charge >= 0.3 is 0 Å². The van der Waals surface area contributed by atoms with Crippen LogP contribution in [0.1, 0.15) is 65.0 Å². The second-order valence-corrected chi connectivity index (χ2v) is 5.34. The fraction of sp³-hybridized carbons (Fsp3) is 0.800. The van der Waals surface area contributed by atoms with E-state index >= 15 is 0 Å². The van der Waals surface area contributed by atoms with Gasteiger partial charge in [-0.05, 0) is 26.2 Å². The van der Waals surface area contributed by atoms with Crippen LogP contribution in [0.5, 0.6) is 0 Å². The molecule has 0 spiro atoms. The smallest absolute Gasteiger partial charge is 0.148 e. The van der Waals surface area contributed by atoms with Crippen molar-refractivity contribution < 1.29 is 0 Å². The van der Waals surface area contributed by atoms with Gasteiger partial charge in [0.25, 0.3) is 0 Å². The van der Waals surface area contributed by atoms with E-state index in [-0.39, 0.29) is 0 Å². The summed E-state index contributed by atoms with van der Waals surface area (Å²) in [6.07, 6.45) is 7.17. The Hall–Kier alpha value is -1.19. The van der Waals surface area contributed by atoms with E-state index in [0.29, 0.717) is 6.04 Å². The van der Waals surface area contributed by atoms with Crippen molar-refractivity contribution in [2.24, 2.45) is 0 Å². The molecule has 1 atom stereocenters. The van der Waals surface area contributed by atoms with Crippen molar-refractivity contribution in [3.8, 4) is 0 Å². The van der Waals surface area contributed by atoms with E-state index in [2.05, 4.69) is 31.2 Å². The zero-order valence-electron chi connectivity index (χ0n) is 13.0. The second-order valence-electron chi connectivity index (χ2n) is 5.34. The summed E-state index contributed by atoms with van der Waals surface area (Å²) in [6.45, 7) is 9.54. The zero-order chi connectivity index (χ0) is 14.3. The average Bonchev–Trinajstić information content (AvgIpc) is 2.64. The van der Waals surface area contributed by atoms with Crippen LogP contribution in [0.4, 0.5) is 11.5 Å². The molecule has 0 aliphatic heterocycles. The molecule has 1 aromatic rings. The summed E-state index contributed by atoms with van der Waals surface area (Å²) in [5.74, 6) is 1.02. The number of aryl methyl sites for hydroxylation is 2. The highest BCUT2D eigenvalue weighted by Gasteiger charge is 2.15. The quantitative estimate of drug-likeness (QED) is 0.711. The highest BCUT2D eigenvalue weighted by Crippen LogP contribution is 2.25. The van der Waals surface area contributed by atoms with Gasteiger partial charge in [-0.2, -0.15) is 5.10 Å². The standard InChI is InChI=1S/C15H30N4/c1-5-8-10-13(9-6-2)17-15-14(16)12(4)18-19(15)11-7-3/h13,17H,5-11,16H2,1-4H3. The number of nitrogens with zero attached hydrogens (tertiary/aromatic N) is 2. The highest BCUT2D eigenvalue weighted by atomic mass is 15.3. The van der Waals surface area contributed by atoms with Crippen LogP contribution in [0, 0.1) is 6.92 Å². The summed E-state index contributed by atoms with van der Waals surface area (Å²) >= 11 is 0. The van der Waals surface area contributed by atoms with Crippen LogP contribution >= 0.6 is 0 Å². The summed E-state index contributed by atoms with van der Waals surface area (Å²) in [5.41, 5.74) is 7.90. The van der Waals surface area contributed by atoms with Gasteiger partial charge in [0.2, 0.25) is 0 Å². The van der Waals surface area contributed by atoms with Crippen molar-refractivity contribution in [3.63, 3.8) is 0 Å². The lowest BCUT2D eigenvalue weighted by Gasteiger charge is -2.20. The number of unbranched alkanes of at least 4 members (excludes halogenated alkanes) is 1. The second kappa shape index (κ2) is 8.08. The van der Waals surface area contributed by atoms with Crippen LogP contribution in [-0.2, 0) is 6.54 Å². The molecular formula is C15H30N4. The Morgan fingerprint density at radius 3 is 2.47 bits per heavy atom. The summed E-state index contributed by atoms with van der Waals surface area (Å²) in [6, 6.07) is 0.513. The van der Waals surface area contributed by atoms with Gasteiger partial charge in [-0.1, -0.05) is 40.0 Å². The lowest BCUT2D eigenvalue weighted by atomic mass is 10.1. The Morgan fingerprint density at radius 1 is 1.16 bits per heavy atom. The lowest BCUT2D eigenvalue weighted by molar-refractivity contribution is 0.547. The first-order chi connectivity index (χ1) is 9.13. The minimum atomic E-state index is 0.513. The lowest BCUT2D eigenvalue weighted by Crippen LogP contribution is -2.22. The molecule has 0 bridgehead atoms. The molecule has 0 radical (unpaired) electrons. The molecule has 110 valence electrons. The van der Waals surface area contributed by atoms with Crippen LogP contribution in [0.2, 0.25) is 0 Å². The van der Waals surface area contributed by atoms with Crippen LogP contribution in [0.25, 0.3) is 0 Å². The Labute approximate surface area is 117 Å². The normalized spacial score (nSPS) is 12.6. The maximum absolute atomic E-state index is 6.16. The third-order valence-electron chi connectivity index (χ3n) is 3.49. The molecule has 1 heterocycles. The number of hydrogen-bond donors (Lipinski definition) is 2. The van der Waals surface area contributed by atoms with Gasteiger partial charge in [-0.3, -0.25) is 0 Å². The van der Waals surface area contributed by atoms with Gasteiger partial charge in [0, 0.05) is 12.6 Å². The van der Waals surface area contributed by atoms with Gasteiger partial charge in [0.05, 0.1) is 11.4 Å². The monoisotopic (exact) mass is 266 g/mol. The molecule has 0 fully saturated rings. The molecule has 0 aliphatic carbocycles. The molecule has 0 saturated carbocycles. The first-order valence-electron chi connectivity index (χ1n) is 7.73. The molecule has 1 aromatic heterocycles. The minimum absolute atomic E-state index is 0.513. The first kappa shape index (κ1) is 15.9. The number of nitrogen functional groups attached to an aromatic ring is 1. The van der Waals surface area contributed by atoms with Gasteiger partial charge < -0.3 is 11.1 Å². The molecule has 0 aromatic carbocycles. The fourth-order valence-corrected chi connectivity index (χ4v) is 2.40. The van der Waals surface area contributed by atoms with Gasteiger partial charge in [0.15, 0.2) is 0 Å². The Balaban J connectivity index is 2.81. The first-order valence-corrected chi connectivity index (χ1v) is 7.73. The summed E-state index contributed by atoms with van der Waals surface area (Å²) in [4.78, 5) is 0. The Morgan fingerprint density at radius 2 is 1.89 bits per heavy atom. The Bertz CT molecular complexity index is 370. The molecule has 4 nitrogen and oxygen atoms in total. The third-order valence-corrected chi connectivity index (χ3v) is 3.49. The molecule has 0 saturated heterocycles. The van der Waals surface area contributed by atoms with E-state index in [0.717, 1.165) is 30.2 Å². The van der Waals surface area contributed by atoms with Crippen LogP contribution in [-0.4, -0.2) is 15.8 Å². The maximum atomic E-state index is 6.16. The maximum Gasteiger partial charge on any atom is 0.148 e. The van der Waals surface area contributed by atoms with E-state index in [1.807, 2.05) is 11.6 Å². The van der Waals surface area contributed by atoms with Crippen molar-refractivity contribution in [1.82, 2.24) is 9.78 Å². The number of nitrogens with one attached hydrogen (secondary N) is 1. The van der Waals surface area contributed by atoms with Crippen molar-refractivity contribution in [1.29, 1.82) is 0 Å². The fourth-order valence-electron chi connectivity index (χ4n) is 2.40. The van der Waals surface area contributed by atoms with E-state index < -0.39 is 0 Å². The van der Waals surface area contributed by atoms with E-state index in [1.165, 1.54) is 32.1 Å². The summed E-state index contributed by atoms with van der Waals surface area (Å²) < 4.78 is 2.03. The van der Waals surface area contributed by atoms with Crippen LogP contribution in [0.15, 0.2) is 0 Å². The molecule has 0 aliphatic rings. The number of hydrogen-bond acceptors (Lipinski definition) is 3. The predicted molar refractivity (Wildman–Crippen MR) is 83.5 cm³/mol. The Kier molecular flexibility index (Phi) is 6.74. The topological polar surface area (TPSA) is 55.9 Å². The van der Waals surface area contributed by atoms with Gasteiger partial charge in [-0.25, -0.2) is 4.68 Å². The number of anilines is 2. The van der Waals surface area contributed by atoms with E-state index in [9.17, 15) is 0 Å². The van der Waals surface area contributed by atoms with Crippen molar-refractivity contribution >= 4 is 11.5 Å². The molecule has 4 heteroatoms. The molecule has 19 heavy (non-hydrogen) atoms. The zero-order valence-corrected chi connectivity index (χ0v) is 13.0. The summed E-state index contributed by atoms with van der Waals surface area (Å²) in [5, 5.41) is 8.16. The van der Waals surface area contributed by atoms with Gasteiger partial charge in [0.1, 0.15) is 5.82 Å². The SMILES string of the molecule is CCCCC(CCC)Nc1c(N)c(C)nn1CCC. The van der Waals surface area contributed by atoms with Crippen molar-refractivity contribution in [3.05, 3.63) is 5.69 Å². The molecule has 3 N–H and O–H groups in total. The highest BCUT2D eigenvalue weighted by molar-refractivity contribution is 5.65. The number of nitrogens with two attached hydrogens (primary N) is 1. The third kappa shape index (κ3) is 4.44. The molecule has 0 amide bonds. The van der Waals surface area contributed by atoms with Crippen LogP contribution < -0.4 is 11.1 Å². The summed E-state index contributed by atoms with van der Waals surface area (Å²) in [7, 11) is 0. The van der Waals surface area contributed by atoms with Gasteiger partial charge in [-0.15, -0.1) is 0 Å². The number of aromatic nitrogens is 2. The number of rotatable bonds is 9. The van der Waals surface area contributed by atoms with E-state index in [4.69, 9.17) is 5.73 Å². The molecular weight excluding hydrogens is 236 g/mol. The predicted octanol–water partition coefficient (Wildman–Crippen LogP) is 3.95.